The average Bonchev–Trinajstić information content (AvgIpc) is 3.05. The van der Waals surface area contributed by atoms with E-state index in [9.17, 15) is 0 Å². The Balaban J connectivity index is 1.79. The quantitative estimate of drug-likeness (QED) is 0.753. The molecule has 0 aliphatic heterocycles. The lowest BCUT2D eigenvalue weighted by atomic mass is 10.2. The summed E-state index contributed by atoms with van der Waals surface area (Å²) in [6, 6.07) is 7.72. The molecular formula is C13H14N4O2. The Morgan fingerprint density at radius 1 is 1.16 bits per heavy atom. The zero-order valence-corrected chi connectivity index (χ0v) is 10.6. The molecule has 6 nitrogen and oxygen atoms in total. The van der Waals surface area contributed by atoms with Gasteiger partial charge in [-0.25, -0.2) is 0 Å². The molecule has 19 heavy (non-hydrogen) atoms. The minimum absolute atomic E-state index is 0.482. The van der Waals surface area contributed by atoms with Gasteiger partial charge in [0, 0.05) is 5.39 Å². The number of rotatable bonds is 5. The Morgan fingerprint density at radius 3 is 2.95 bits per heavy atom. The van der Waals surface area contributed by atoms with Gasteiger partial charge in [-0.05, 0) is 18.7 Å². The van der Waals surface area contributed by atoms with Crippen LogP contribution in [0.1, 0.15) is 24.3 Å². The first-order valence-electron chi connectivity index (χ1n) is 6.22. The largest absolute Gasteiger partial charge is 0.356 e. The van der Waals surface area contributed by atoms with Gasteiger partial charge in [0.05, 0.1) is 13.0 Å². The van der Waals surface area contributed by atoms with Crippen LogP contribution in [0.4, 0.5) is 0 Å². The van der Waals surface area contributed by atoms with Crippen molar-refractivity contribution in [3.8, 4) is 0 Å². The minimum Gasteiger partial charge on any atom is -0.356 e. The first kappa shape index (κ1) is 11.9. The van der Waals surface area contributed by atoms with Crippen molar-refractivity contribution < 1.29 is 9.05 Å². The Labute approximate surface area is 109 Å². The van der Waals surface area contributed by atoms with Gasteiger partial charge in [0.25, 0.3) is 0 Å². The molecular weight excluding hydrogens is 244 g/mol. The average molecular weight is 258 g/mol. The third kappa shape index (κ3) is 2.48. The van der Waals surface area contributed by atoms with Crippen molar-refractivity contribution >= 4 is 11.0 Å². The molecule has 2 heterocycles. The summed E-state index contributed by atoms with van der Waals surface area (Å²) in [7, 11) is 0. The lowest BCUT2D eigenvalue weighted by Gasteiger charge is -1.92. The first-order chi connectivity index (χ1) is 9.36. The van der Waals surface area contributed by atoms with E-state index in [2.05, 4.69) is 20.6 Å². The molecule has 0 saturated carbocycles. The third-order valence-electron chi connectivity index (χ3n) is 2.81. The standard InChI is InChI=1S/C13H14N4O2/c1-2-14-8-12-15-13(19-17-12)7-10-9-5-3-4-6-11(9)18-16-10/h3-6,14H,2,7-8H2,1H3. The smallest absolute Gasteiger partial charge is 0.232 e. The maximum Gasteiger partial charge on any atom is 0.232 e. The van der Waals surface area contributed by atoms with Crippen LogP contribution in [0.25, 0.3) is 11.0 Å². The van der Waals surface area contributed by atoms with Gasteiger partial charge in [-0.2, -0.15) is 4.98 Å². The highest BCUT2D eigenvalue weighted by Gasteiger charge is 2.12. The van der Waals surface area contributed by atoms with Crippen LogP contribution < -0.4 is 5.32 Å². The second-order valence-electron chi connectivity index (χ2n) is 4.19. The molecule has 98 valence electrons. The number of nitrogens with zero attached hydrogens (tertiary/aromatic N) is 3. The van der Waals surface area contributed by atoms with Crippen LogP contribution in [0.3, 0.4) is 0 Å². The summed E-state index contributed by atoms with van der Waals surface area (Å²) in [4.78, 5) is 4.31. The van der Waals surface area contributed by atoms with Crippen LogP contribution in [-0.4, -0.2) is 21.8 Å². The van der Waals surface area contributed by atoms with Crippen LogP contribution in [-0.2, 0) is 13.0 Å². The molecule has 2 aromatic heterocycles. The number of para-hydroxylation sites is 1. The van der Waals surface area contributed by atoms with Crippen LogP contribution >= 0.6 is 0 Å². The van der Waals surface area contributed by atoms with Gasteiger partial charge >= 0.3 is 0 Å². The molecule has 0 bridgehead atoms. The number of hydrogen-bond acceptors (Lipinski definition) is 6. The van der Waals surface area contributed by atoms with E-state index in [1.54, 1.807) is 0 Å². The summed E-state index contributed by atoms with van der Waals surface area (Å²) >= 11 is 0. The normalized spacial score (nSPS) is 11.2. The summed E-state index contributed by atoms with van der Waals surface area (Å²) in [6.07, 6.45) is 0.482. The van der Waals surface area contributed by atoms with E-state index in [0.29, 0.717) is 24.7 Å². The fraction of sp³-hybridized carbons (Fsp3) is 0.308. The predicted molar refractivity (Wildman–Crippen MR) is 68.5 cm³/mol. The molecule has 0 saturated heterocycles. The van der Waals surface area contributed by atoms with Gasteiger partial charge in [0.2, 0.25) is 5.89 Å². The first-order valence-corrected chi connectivity index (χ1v) is 6.22. The fourth-order valence-corrected chi connectivity index (χ4v) is 1.88. The van der Waals surface area contributed by atoms with E-state index in [-0.39, 0.29) is 0 Å². The fourth-order valence-electron chi connectivity index (χ4n) is 1.88. The van der Waals surface area contributed by atoms with Gasteiger partial charge in [-0.15, -0.1) is 0 Å². The summed E-state index contributed by atoms with van der Waals surface area (Å²) in [5.74, 6) is 1.21. The molecule has 1 aromatic carbocycles. The van der Waals surface area contributed by atoms with Gasteiger partial charge in [-0.3, -0.25) is 0 Å². The highest BCUT2D eigenvalue weighted by atomic mass is 16.5. The summed E-state index contributed by atoms with van der Waals surface area (Å²) in [6.45, 7) is 3.51. The van der Waals surface area contributed by atoms with E-state index in [1.165, 1.54) is 0 Å². The van der Waals surface area contributed by atoms with E-state index in [0.717, 1.165) is 23.2 Å². The molecule has 0 radical (unpaired) electrons. The van der Waals surface area contributed by atoms with Crippen LogP contribution in [0, 0.1) is 0 Å². The molecule has 0 amide bonds. The third-order valence-corrected chi connectivity index (χ3v) is 2.81. The van der Waals surface area contributed by atoms with E-state index < -0.39 is 0 Å². The second kappa shape index (κ2) is 5.19. The zero-order chi connectivity index (χ0) is 13.1. The number of benzene rings is 1. The van der Waals surface area contributed by atoms with Crippen molar-refractivity contribution in [3.05, 3.63) is 41.7 Å². The maximum atomic E-state index is 5.24. The Bertz CT molecular complexity index is 674. The second-order valence-corrected chi connectivity index (χ2v) is 4.19. The van der Waals surface area contributed by atoms with Crippen molar-refractivity contribution in [2.24, 2.45) is 0 Å². The molecule has 3 rings (SSSR count). The molecule has 0 atom stereocenters. The van der Waals surface area contributed by atoms with Crippen LogP contribution in [0.2, 0.25) is 0 Å². The maximum absolute atomic E-state index is 5.24. The SMILES string of the molecule is CCNCc1noc(Cc2noc3ccccc23)n1. The molecule has 0 spiro atoms. The lowest BCUT2D eigenvalue weighted by molar-refractivity contribution is 0.373. The summed E-state index contributed by atoms with van der Waals surface area (Å²) in [5.41, 5.74) is 1.58. The van der Waals surface area contributed by atoms with Gasteiger partial charge in [-0.1, -0.05) is 29.4 Å². The van der Waals surface area contributed by atoms with E-state index in [4.69, 9.17) is 9.05 Å². The molecule has 0 unspecified atom stereocenters. The molecule has 0 aliphatic carbocycles. The lowest BCUT2D eigenvalue weighted by Crippen LogP contribution is -2.12. The number of nitrogens with one attached hydrogen (secondary N) is 1. The number of aromatic nitrogens is 3. The number of fused-ring (bicyclic) bond motifs is 1. The molecule has 0 fully saturated rings. The van der Waals surface area contributed by atoms with Crippen molar-refractivity contribution in [1.82, 2.24) is 20.6 Å². The molecule has 1 N–H and O–H groups in total. The van der Waals surface area contributed by atoms with Gasteiger partial charge in [0.1, 0.15) is 5.69 Å². The van der Waals surface area contributed by atoms with Crippen LogP contribution in [0.5, 0.6) is 0 Å². The molecule has 3 aromatic rings. The molecule has 0 aliphatic rings. The monoisotopic (exact) mass is 258 g/mol. The number of hydrogen-bond donors (Lipinski definition) is 1. The van der Waals surface area contributed by atoms with Crippen molar-refractivity contribution in [2.75, 3.05) is 6.54 Å². The Kier molecular flexibility index (Phi) is 3.24. The minimum atomic E-state index is 0.482. The zero-order valence-electron chi connectivity index (χ0n) is 10.6. The van der Waals surface area contributed by atoms with Crippen molar-refractivity contribution in [3.63, 3.8) is 0 Å². The summed E-state index contributed by atoms with van der Waals surface area (Å²) < 4.78 is 10.4. The summed E-state index contributed by atoms with van der Waals surface area (Å²) in [5, 5.41) is 12.1. The highest BCUT2D eigenvalue weighted by molar-refractivity contribution is 5.79. The Hall–Kier alpha value is -2.21. The topological polar surface area (TPSA) is 77.0 Å². The van der Waals surface area contributed by atoms with Crippen molar-refractivity contribution in [2.45, 2.75) is 19.9 Å². The predicted octanol–water partition coefficient (Wildman–Crippen LogP) is 1.91. The van der Waals surface area contributed by atoms with E-state index in [1.807, 2.05) is 31.2 Å². The van der Waals surface area contributed by atoms with E-state index >= 15 is 0 Å². The van der Waals surface area contributed by atoms with Gasteiger partial charge < -0.3 is 14.4 Å². The van der Waals surface area contributed by atoms with Crippen molar-refractivity contribution in [1.29, 1.82) is 0 Å². The molecule has 6 heteroatoms. The van der Waals surface area contributed by atoms with Gasteiger partial charge in [0.15, 0.2) is 11.4 Å². The highest BCUT2D eigenvalue weighted by Crippen LogP contribution is 2.19. The van der Waals surface area contributed by atoms with Crippen LogP contribution in [0.15, 0.2) is 33.3 Å². The Morgan fingerprint density at radius 2 is 2.05 bits per heavy atom.